The Hall–Kier alpha value is -3.64. The Bertz CT molecular complexity index is 1720. The molecule has 0 fully saturated rings. The topological polar surface area (TPSA) is 105 Å². The SMILES string of the molecule is Cc1cc(C)n(C(=O)c2c(NC(=O)c3ccc(S(=O)(=O)N(C)Cc4ccccc4)cc3)sc3c2CCN(C(C)C)C3)n1. The lowest BCUT2D eigenvalue weighted by Gasteiger charge is -2.30. The minimum atomic E-state index is -3.76. The molecular weight excluding hydrogens is 571 g/mol. The Morgan fingerprint density at radius 2 is 1.76 bits per heavy atom. The van der Waals surface area contributed by atoms with Crippen LogP contribution >= 0.6 is 11.3 Å². The Kier molecular flexibility index (Phi) is 8.47. The molecule has 0 aliphatic carbocycles. The number of aromatic nitrogens is 2. The molecule has 1 aliphatic rings. The van der Waals surface area contributed by atoms with Crippen LogP contribution in [-0.4, -0.2) is 58.9 Å². The van der Waals surface area contributed by atoms with Gasteiger partial charge in [0.2, 0.25) is 10.0 Å². The molecule has 9 nitrogen and oxygen atoms in total. The highest BCUT2D eigenvalue weighted by molar-refractivity contribution is 7.89. The number of carbonyl (C=O) groups excluding carboxylic acids is 2. The summed E-state index contributed by atoms with van der Waals surface area (Å²) in [5, 5.41) is 7.83. The van der Waals surface area contributed by atoms with Crippen molar-refractivity contribution in [3.63, 3.8) is 0 Å². The predicted octanol–water partition coefficient (Wildman–Crippen LogP) is 5.09. The van der Waals surface area contributed by atoms with Gasteiger partial charge in [0.1, 0.15) is 5.00 Å². The molecule has 5 rings (SSSR count). The molecule has 220 valence electrons. The van der Waals surface area contributed by atoms with Crippen LogP contribution in [0.3, 0.4) is 0 Å². The number of hydrogen-bond donors (Lipinski definition) is 1. The zero-order valence-corrected chi connectivity index (χ0v) is 26.1. The molecule has 2 aromatic carbocycles. The second-order valence-electron chi connectivity index (χ2n) is 10.9. The summed E-state index contributed by atoms with van der Waals surface area (Å²) in [6.45, 7) is 9.72. The number of thiophene rings is 1. The first kappa shape index (κ1) is 29.8. The number of nitrogens with one attached hydrogen (secondary N) is 1. The molecule has 1 aliphatic heterocycles. The number of carbonyl (C=O) groups is 2. The van der Waals surface area contributed by atoms with E-state index in [1.54, 1.807) is 0 Å². The van der Waals surface area contributed by atoms with Gasteiger partial charge in [0, 0.05) is 48.9 Å². The number of rotatable bonds is 8. The number of sulfonamides is 1. The van der Waals surface area contributed by atoms with Gasteiger partial charge in [0.25, 0.3) is 11.8 Å². The van der Waals surface area contributed by atoms with Crippen LogP contribution in [0, 0.1) is 13.8 Å². The number of amides is 1. The smallest absolute Gasteiger partial charge is 0.281 e. The first-order valence-corrected chi connectivity index (χ1v) is 16.1. The van der Waals surface area contributed by atoms with E-state index < -0.39 is 15.9 Å². The minimum Gasteiger partial charge on any atom is -0.313 e. The molecule has 0 unspecified atom stereocenters. The second-order valence-corrected chi connectivity index (χ2v) is 14.0. The van der Waals surface area contributed by atoms with Crippen LogP contribution in [0.2, 0.25) is 0 Å². The van der Waals surface area contributed by atoms with Crippen molar-refractivity contribution in [3.05, 3.63) is 99.2 Å². The Morgan fingerprint density at radius 3 is 2.38 bits per heavy atom. The third-order valence-electron chi connectivity index (χ3n) is 7.53. The largest absolute Gasteiger partial charge is 0.313 e. The number of anilines is 1. The zero-order chi connectivity index (χ0) is 30.2. The van der Waals surface area contributed by atoms with E-state index in [0.29, 0.717) is 35.1 Å². The predicted molar refractivity (Wildman–Crippen MR) is 164 cm³/mol. The first-order chi connectivity index (χ1) is 20.0. The highest BCUT2D eigenvalue weighted by atomic mass is 32.2. The van der Waals surface area contributed by atoms with E-state index in [-0.39, 0.29) is 17.3 Å². The van der Waals surface area contributed by atoms with Gasteiger partial charge in [0.05, 0.1) is 16.2 Å². The average molecular weight is 606 g/mol. The van der Waals surface area contributed by atoms with E-state index in [1.165, 1.54) is 51.6 Å². The van der Waals surface area contributed by atoms with Crippen molar-refractivity contribution in [2.45, 2.75) is 58.1 Å². The molecule has 11 heteroatoms. The number of hydrogen-bond acceptors (Lipinski definition) is 7. The lowest BCUT2D eigenvalue weighted by atomic mass is 10.0. The summed E-state index contributed by atoms with van der Waals surface area (Å²) < 4.78 is 29.0. The summed E-state index contributed by atoms with van der Waals surface area (Å²) >= 11 is 1.42. The van der Waals surface area contributed by atoms with Crippen molar-refractivity contribution in [3.8, 4) is 0 Å². The van der Waals surface area contributed by atoms with Gasteiger partial charge in [0.15, 0.2) is 0 Å². The normalized spacial score (nSPS) is 13.9. The van der Waals surface area contributed by atoms with Crippen molar-refractivity contribution in [2.24, 2.45) is 0 Å². The first-order valence-electron chi connectivity index (χ1n) is 13.8. The molecule has 0 atom stereocenters. The maximum atomic E-state index is 13.8. The molecule has 0 saturated heterocycles. The molecule has 4 aromatic rings. The van der Waals surface area contributed by atoms with Crippen LogP contribution < -0.4 is 5.32 Å². The standard InChI is InChI=1S/C31H35N5O4S2/c1-20(2)35-16-15-26-27(19-35)41-30(28(26)31(38)36-22(4)17-21(3)33-36)32-29(37)24-11-13-25(14-12-24)42(39,40)34(5)18-23-9-7-6-8-10-23/h6-14,17,20H,15-16,18-19H2,1-5H3,(H,32,37). The Morgan fingerprint density at radius 1 is 1.07 bits per heavy atom. The number of nitrogens with zero attached hydrogens (tertiary/aromatic N) is 4. The molecule has 42 heavy (non-hydrogen) atoms. The fourth-order valence-corrected chi connectivity index (χ4v) is 7.60. The summed E-state index contributed by atoms with van der Waals surface area (Å²) in [5.41, 5.74) is 4.06. The molecule has 0 radical (unpaired) electrons. The number of aryl methyl sites for hydroxylation is 2. The van der Waals surface area contributed by atoms with Crippen LogP contribution in [0.15, 0.2) is 65.6 Å². The van der Waals surface area contributed by atoms with Gasteiger partial charge >= 0.3 is 0 Å². The molecule has 3 heterocycles. The molecular formula is C31H35N5O4S2. The summed E-state index contributed by atoms with van der Waals surface area (Å²) in [6.07, 6.45) is 0.698. The van der Waals surface area contributed by atoms with E-state index in [9.17, 15) is 18.0 Å². The number of benzene rings is 2. The van der Waals surface area contributed by atoms with Crippen molar-refractivity contribution in [2.75, 3.05) is 18.9 Å². The molecule has 1 N–H and O–H groups in total. The Balaban J connectivity index is 1.40. The maximum Gasteiger partial charge on any atom is 0.281 e. The lowest BCUT2D eigenvalue weighted by molar-refractivity contribution is 0.0941. The monoisotopic (exact) mass is 605 g/mol. The van der Waals surface area contributed by atoms with E-state index in [0.717, 1.165) is 33.9 Å². The quantitative estimate of drug-likeness (QED) is 0.300. The maximum absolute atomic E-state index is 13.8. The van der Waals surface area contributed by atoms with Gasteiger partial charge in [-0.25, -0.2) is 13.1 Å². The molecule has 0 saturated carbocycles. The average Bonchev–Trinajstić information content (AvgIpc) is 3.50. The van der Waals surface area contributed by atoms with Crippen LogP contribution in [0.4, 0.5) is 5.00 Å². The third-order valence-corrected chi connectivity index (χ3v) is 10.5. The van der Waals surface area contributed by atoms with Crippen LogP contribution in [0.5, 0.6) is 0 Å². The van der Waals surface area contributed by atoms with E-state index in [1.807, 2.05) is 50.2 Å². The van der Waals surface area contributed by atoms with Crippen LogP contribution in [-0.2, 0) is 29.5 Å². The zero-order valence-electron chi connectivity index (χ0n) is 24.4. The summed E-state index contributed by atoms with van der Waals surface area (Å²) in [4.78, 5) is 30.7. The van der Waals surface area contributed by atoms with Crippen LogP contribution in [0.1, 0.15) is 62.0 Å². The molecule has 2 aromatic heterocycles. The van der Waals surface area contributed by atoms with E-state index >= 15 is 0 Å². The van der Waals surface area contributed by atoms with Gasteiger partial charge in [-0.2, -0.15) is 9.40 Å². The highest BCUT2D eigenvalue weighted by Crippen LogP contribution is 2.38. The van der Waals surface area contributed by atoms with E-state index in [2.05, 4.69) is 29.2 Å². The second kappa shape index (κ2) is 11.9. The molecule has 0 spiro atoms. The summed E-state index contributed by atoms with van der Waals surface area (Å²) in [7, 11) is -2.23. The fourth-order valence-electron chi connectivity index (χ4n) is 5.18. The van der Waals surface area contributed by atoms with Gasteiger partial charge < -0.3 is 5.32 Å². The van der Waals surface area contributed by atoms with Crippen molar-refractivity contribution >= 4 is 38.2 Å². The Labute approximate surface area is 250 Å². The van der Waals surface area contributed by atoms with Gasteiger partial charge in [-0.1, -0.05) is 30.3 Å². The van der Waals surface area contributed by atoms with Crippen molar-refractivity contribution in [1.82, 2.24) is 19.0 Å². The van der Waals surface area contributed by atoms with Gasteiger partial charge in [-0.15, -0.1) is 11.3 Å². The van der Waals surface area contributed by atoms with Crippen molar-refractivity contribution in [1.29, 1.82) is 0 Å². The van der Waals surface area contributed by atoms with Gasteiger partial charge in [-0.05, 0) is 75.6 Å². The fraction of sp³-hybridized carbons (Fsp3) is 0.323. The van der Waals surface area contributed by atoms with Crippen molar-refractivity contribution < 1.29 is 18.0 Å². The molecule has 0 bridgehead atoms. The third kappa shape index (κ3) is 5.96. The molecule has 1 amide bonds. The lowest BCUT2D eigenvalue weighted by Crippen LogP contribution is -2.35. The van der Waals surface area contributed by atoms with Crippen LogP contribution in [0.25, 0.3) is 0 Å². The minimum absolute atomic E-state index is 0.0956. The summed E-state index contributed by atoms with van der Waals surface area (Å²) in [5.74, 6) is -0.687. The summed E-state index contributed by atoms with van der Waals surface area (Å²) in [6, 6.07) is 17.4. The van der Waals surface area contributed by atoms with Gasteiger partial charge in [-0.3, -0.25) is 14.5 Å². The van der Waals surface area contributed by atoms with E-state index in [4.69, 9.17) is 0 Å². The number of fused-ring (bicyclic) bond motifs is 1. The highest BCUT2D eigenvalue weighted by Gasteiger charge is 2.31.